The molecule has 0 unspecified atom stereocenters. The number of aromatic nitrogens is 1. The average Bonchev–Trinajstić information content (AvgIpc) is 2.34. The molecule has 1 aliphatic heterocycles. The minimum atomic E-state index is -1.27. The molecule has 0 atom stereocenters. The van der Waals surface area contributed by atoms with Crippen molar-refractivity contribution < 1.29 is 24.1 Å². The van der Waals surface area contributed by atoms with E-state index in [1.807, 2.05) is 0 Å². The van der Waals surface area contributed by atoms with Crippen molar-refractivity contribution in [1.29, 1.82) is 0 Å². The highest BCUT2D eigenvalue weighted by Gasteiger charge is 2.17. The largest absolute Gasteiger partial charge is 0.477 e. The number of fused-ring (bicyclic) bond motifs is 2. The van der Waals surface area contributed by atoms with Gasteiger partial charge in [-0.05, 0) is 0 Å². The molecule has 7 heteroatoms. The first-order valence-electron chi connectivity index (χ1n) is 5.90. The van der Waals surface area contributed by atoms with Gasteiger partial charge in [-0.3, -0.25) is 4.79 Å². The van der Waals surface area contributed by atoms with Gasteiger partial charge in [-0.15, -0.1) is 0 Å². The molecule has 19 heavy (non-hydrogen) atoms. The first-order chi connectivity index (χ1) is 9.18. The first kappa shape index (κ1) is 13.7. The van der Waals surface area contributed by atoms with Crippen LogP contribution in [0, 0.1) is 0 Å². The van der Waals surface area contributed by atoms with Crippen LogP contribution in [-0.4, -0.2) is 42.5 Å². The minimum absolute atomic E-state index is 0.0219. The van der Waals surface area contributed by atoms with Crippen molar-refractivity contribution in [2.75, 3.05) is 26.4 Å². The number of aromatic carboxylic acids is 1. The Morgan fingerprint density at radius 2 is 1.74 bits per heavy atom. The van der Waals surface area contributed by atoms with Crippen LogP contribution in [-0.2, 0) is 27.4 Å². The number of hydrogen-bond donors (Lipinski definition) is 2. The van der Waals surface area contributed by atoms with E-state index in [0.29, 0.717) is 32.1 Å². The number of nitrogens with one attached hydrogen (secondary N) is 1. The van der Waals surface area contributed by atoms with Crippen molar-refractivity contribution in [1.82, 2.24) is 4.98 Å². The number of rotatable bonds is 1. The Bertz CT molecular complexity index is 509. The number of carboxylic acid groups (broad SMARTS) is 1. The second kappa shape index (κ2) is 6.46. The van der Waals surface area contributed by atoms with Gasteiger partial charge in [0.15, 0.2) is 5.43 Å². The second-order valence-electron chi connectivity index (χ2n) is 4.04. The average molecular weight is 269 g/mol. The van der Waals surface area contributed by atoms with Gasteiger partial charge in [-0.25, -0.2) is 4.79 Å². The summed E-state index contributed by atoms with van der Waals surface area (Å²) in [5.41, 5.74) is -0.0631. The molecule has 2 N–H and O–H groups in total. The minimum Gasteiger partial charge on any atom is -0.477 e. The number of ether oxygens (including phenoxy) is 3. The van der Waals surface area contributed by atoms with E-state index in [0.717, 1.165) is 0 Å². The summed E-state index contributed by atoms with van der Waals surface area (Å²) in [6, 6.07) is 1.24. The third-order valence-electron chi connectivity index (χ3n) is 2.63. The molecule has 1 aromatic heterocycles. The quantitative estimate of drug-likeness (QED) is 0.752. The summed E-state index contributed by atoms with van der Waals surface area (Å²) in [5, 5.41) is 9.05. The lowest BCUT2D eigenvalue weighted by molar-refractivity contribution is 0.00299. The van der Waals surface area contributed by atoms with Crippen molar-refractivity contribution >= 4 is 5.97 Å². The summed E-state index contributed by atoms with van der Waals surface area (Å²) in [4.78, 5) is 25.7. The van der Waals surface area contributed by atoms with E-state index in [2.05, 4.69) is 4.98 Å². The molecule has 104 valence electrons. The Hall–Kier alpha value is -1.70. The predicted octanol–water partition coefficient (Wildman–Crippen LogP) is 0.136. The Labute approximate surface area is 109 Å². The monoisotopic (exact) mass is 269 g/mol. The van der Waals surface area contributed by atoms with Gasteiger partial charge in [0.1, 0.15) is 5.56 Å². The maximum absolute atomic E-state index is 11.8. The van der Waals surface area contributed by atoms with Gasteiger partial charge in [-0.1, -0.05) is 0 Å². The Balaban J connectivity index is 2.32. The van der Waals surface area contributed by atoms with Crippen LogP contribution in [0.2, 0.25) is 0 Å². The fourth-order valence-electron chi connectivity index (χ4n) is 1.79. The van der Waals surface area contributed by atoms with Crippen LogP contribution in [0.5, 0.6) is 0 Å². The van der Waals surface area contributed by atoms with Crippen molar-refractivity contribution in [2.45, 2.75) is 13.2 Å². The molecule has 0 radical (unpaired) electrons. The van der Waals surface area contributed by atoms with Gasteiger partial charge in [0.25, 0.3) is 0 Å². The summed E-state index contributed by atoms with van der Waals surface area (Å²) in [5.74, 6) is -1.27. The molecule has 7 nitrogen and oxygen atoms in total. The maximum Gasteiger partial charge on any atom is 0.341 e. The molecule has 0 amide bonds. The van der Waals surface area contributed by atoms with Crippen molar-refractivity contribution in [3.63, 3.8) is 0 Å². The molecule has 0 aromatic carbocycles. The summed E-state index contributed by atoms with van der Waals surface area (Å²) in [7, 11) is 0. The lowest BCUT2D eigenvalue weighted by atomic mass is 10.1. The molecule has 0 aliphatic carbocycles. The van der Waals surface area contributed by atoms with E-state index >= 15 is 0 Å². The predicted molar refractivity (Wildman–Crippen MR) is 64.2 cm³/mol. The molecule has 2 bridgehead atoms. The molecule has 0 saturated heterocycles. The number of aromatic amines is 1. The van der Waals surface area contributed by atoms with Crippen molar-refractivity contribution in [3.05, 3.63) is 33.2 Å². The Morgan fingerprint density at radius 3 is 2.42 bits per heavy atom. The Morgan fingerprint density at radius 1 is 1.11 bits per heavy atom. The zero-order valence-corrected chi connectivity index (χ0v) is 10.3. The standard InChI is InChI=1S/C12H15NO6/c14-10-5-8-6-18-3-1-17-2-4-19-7-9(13-8)11(10)12(15)16/h5H,1-4,6-7H2,(H,13,14)(H,15,16). The SMILES string of the molecule is O=C(O)c1c2[nH]c(cc1=O)COCCOCCOC2. The zero-order chi connectivity index (χ0) is 13.7. The van der Waals surface area contributed by atoms with E-state index < -0.39 is 11.4 Å². The van der Waals surface area contributed by atoms with E-state index in [4.69, 9.17) is 19.3 Å². The van der Waals surface area contributed by atoms with Gasteiger partial charge in [0.05, 0.1) is 45.3 Å². The highest BCUT2D eigenvalue weighted by molar-refractivity contribution is 5.88. The van der Waals surface area contributed by atoms with Gasteiger partial charge < -0.3 is 24.3 Å². The number of carboxylic acids is 1. The van der Waals surface area contributed by atoms with Gasteiger partial charge in [-0.2, -0.15) is 0 Å². The Kier molecular flexibility index (Phi) is 4.67. The van der Waals surface area contributed by atoms with Gasteiger partial charge in [0.2, 0.25) is 0 Å². The van der Waals surface area contributed by atoms with Crippen LogP contribution >= 0.6 is 0 Å². The number of H-pyrrole nitrogens is 1. The molecular weight excluding hydrogens is 254 g/mol. The molecule has 0 saturated carbocycles. The van der Waals surface area contributed by atoms with Crippen LogP contribution in [0.1, 0.15) is 21.7 Å². The molecule has 0 spiro atoms. The number of hydrogen-bond acceptors (Lipinski definition) is 5. The summed E-state index contributed by atoms with van der Waals surface area (Å²) < 4.78 is 15.8. The van der Waals surface area contributed by atoms with E-state index in [1.165, 1.54) is 6.07 Å². The highest BCUT2D eigenvalue weighted by Crippen LogP contribution is 2.07. The van der Waals surface area contributed by atoms with Crippen molar-refractivity contribution in [3.8, 4) is 0 Å². The highest BCUT2D eigenvalue weighted by atomic mass is 16.5. The molecular formula is C12H15NO6. The van der Waals surface area contributed by atoms with Gasteiger partial charge in [0, 0.05) is 11.8 Å². The summed E-state index contributed by atoms with van der Waals surface area (Å²) >= 11 is 0. The molecule has 2 rings (SSSR count). The fourth-order valence-corrected chi connectivity index (χ4v) is 1.79. The third kappa shape index (κ3) is 3.63. The van der Waals surface area contributed by atoms with Crippen LogP contribution < -0.4 is 5.43 Å². The zero-order valence-electron chi connectivity index (χ0n) is 10.3. The second-order valence-corrected chi connectivity index (χ2v) is 4.04. The van der Waals surface area contributed by atoms with E-state index in [-0.39, 0.29) is 24.5 Å². The molecule has 1 aromatic rings. The van der Waals surface area contributed by atoms with Crippen LogP contribution in [0.4, 0.5) is 0 Å². The number of pyridine rings is 1. The molecule has 2 heterocycles. The van der Waals surface area contributed by atoms with Crippen molar-refractivity contribution in [2.24, 2.45) is 0 Å². The van der Waals surface area contributed by atoms with Crippen LogP contribution in [0.25, 0.3) is 0 Å². The topological polar surface area (TPSA) is 97.9 Å². The third-order valence-corrected chi connectivity index (χ3v) is 2.63. The smallest absolute Gasteiger partial charge is 0.341 e. The van der Waals surface area contributed by atoms with E-state index in [9.17, 15) is 9.59 Å². The fraction of sp³-hybridized carbons (Fsp3) is 0.500. The summed E-state index contributed by atoms with van der Waals surface area (Å²) in [6.45, 7) is 1.80. The number of carbonyl (C=O) groups is 1. The van der Waals surface area contributed by atoms with Gasteiger partial charge >= 0.3 is 5.97 Å². The molecule has 1 aliphatic rings. The summed E-state index contributed by atoms with van der Waals surface area (Å²) in [6.07, 6.45) is 0. The lowest BCUT2D eigenvalue weighted by Crippen LogP contribution is -2.22. The van der Waals surface area contributed by atoms with Crippen LogP contribution in [0.3, 0.4) is 0 Å². The van der Waals surface area contributed by atoms with Crippen LogP contribution in [0.15, 0.2) is 10.9 Å². The maximum atomic E-state index is 11.8. The lowest BCUT2D eigenvalue weighted by Gasteiger charge is -2.12. The van der Waals surface area contributed by atoms with E-state index in [1.54, 1.807) is 0 Å². The normalized spacial score (nSPS) is 17.3. The molecule has 0 fully saturated rings. The first-order valence-corrected chi connectivity index (χ1v) is 5.90.